The van der Waals surface area contributed by atoms with Crippen molar-refractivity contribution in [2.45, 2.75) is 26.3 Å². The van der Waals surface area contributed by atoms with Crippen LogP contribution in [0.15, 0.2) is 36.7 Å². The van der Waals surface area contributed by atoms with Gasteiger partial charge in [0.15, 0.2) is 0 Å². The van der Waals surface area contributed by atoms with E-state index < -0.39 is 0 Å². The smallest absolute Gasteiger partial charge is 0.135 e. The van der Waals surface area contributed by atoms with Crippen LogP contribution >= 0.6 is 0 Å². The molecule has 1 unspecified atom stereocenters. The zero-order valence-electron chi connectivity index (χ0n) is 11.6. The molecule has 0 amide bonds. The molecule has 1 aromatic carbocycles. The van der Waals surface area contributed by atoms with Crippen molar-refractivity contribution in [1.82, 2.24) is 9.97 Å². The number of anilines is 3. The number of rotatable bonds is 5. The molecule has 1 heterocycles. The molecule has 102 valence electrons. The van der Waals surface area contributed by atoms with Gasteiger partial charge in [-0.2, -0.15) is 5.26 Å². The van der Waals surface area contributed by atoms with Crippen molar-refractivity contribution in [3.8, 4) is 6.07 Å². The van der Waals surface area contributed by atoms with Crippen LogP contribution < -0.4 is 10.6 Å². The summed E-state index contributed by atoms with van der Waals surface area (Å²) in [6.07, 6.45) is 2.55. The molecule has 5 heteroatoms. The number of hydrogen-bond donors (Lipinski definition) is 2. The van der Waals surface area contributed by atoms with Crippen LogP contribution in [0.1, 0.15) is 25.8 Å². The highest BCUT2D eigenvalue weighted by Gasteiger charge is 2.02. The van der Waals surface area contributed by atoms with E-state index >= 15 is 0 Å². The maximum atomic E-state index is 8.76. The summed E-state index contributed by atoms with van der Waals surface area (Å²) in [6.45, 7) is 4.23. The first-order valence-corrected chi connectivity index (χ1v) is 6.57. The molecule has 5 nitrogen and oxygen atoms in total. The maximum absolute atomic E-state index is 8.76. The minimum Gasteiger partial charge on any atom is -0.367 e. The standard InChI is InChI=1S/C15H17N5/c1-3-11(2)19-14-8-15(18-10-17-14)20-13-6-4-12(9-16)5-7-13/h4-8,10-11H,3H2,1-2H3,(H2,17,18,19,20). The number of nitrogens with zero attached hydrogens (tertiary/aromatic N) is 3. The summed E-state index contributed by atoms with van der Waals surface area (Å²) in [5.74, 6) is 1.51. The Labute approximate surface area is 118 Å². The highest BCUT2D eigenvalue weighted by Crippen LogP contribution is 2.17. The third kappa shape index (κ3) is 3.69. The average Bonchev–Trinajstić information content (AvgIpc) is 2.48. The van der Waals surface area contributed by atoms with Gasteiger partial charge in [0.05, 0.1) is 11.6 Å². The molecule has 0 aliphatic heterocycles. The minimum absolute atomic E-state index is 0.368. The lowest BCUT2D eigenvalue weighted by Gasteiger charge is -2.12. The number of aromatic nitrogens is 2. The third-order valence-corrected chi connectivity index (χ3v) is 2.96. The van der Waals surface area contributed by atoms with Crippen LogP contribution in [0, 0.1) is 11.3 Å². The van der Waals surface area contributed by atoms with E-state index in [1.54, 1.807) is 12.1 Å². The zero-order valence-corrected chi connectivity index (χ0v) is 11.6. The predicted octanol–water partition coefficient (Wildman–Crippen LogP) is 3.30. The highest BCUT2D eigenvalue weighted by molar-refractivity contribution is 5.59. The van der Waals surface area contributed by atoms with Crippen molar-refractivity contribution in [1.29, 1.82) is 5.26 Å². The van der Waals surface area contributed by atoms with E-state index in [1.807, 2.05) is 18.2 Å². The fourth-order valence-corrected chi connectivity index (χ4v) is 1.64. The van der Waals surface area contributed by atoms with E-state index in [0.717, 1.165) is 23.7 Å². The van der Waals surface area contributed by atoms with Crippen molar-refractivity contribution in [3.63, 3.8) is 0 Å². The van der Waals surface area contributed by atoms with E-state index in [2.05, 4.69) is 40.5 Å². The number of nitriles is 1. The van der Waals surface area contributed by atoms with Gasteiger partial charge in [0, 0.05) is 17.8 Å². The molecule has 20 heavy (non-hydrogen) atoms. The Hall–Kier alpha value is -2.61. The molecule has 0 aliphatic rings. The summed E-state index contributed by atoms with van der Waals surface area (Å²) >= 11 is 0. The van der Waals surface area contributed by atoms with Crippen molar-refractivity contribution < 1.29 is 0 Å². The van der Waals surface area contributed by atoms with Gasteiger partial charge < -0.3 is 10.6 Å². The molecule has 2 aromatic rings. The highest BCUT2D eigenvalue weighted by atomic mass is 15.1. The summed E-state index contributed by atoms with van der Waals surface area (Å²) in [4.78, 5) is 8.37. The quantitative estimate of drug-likeness (QED) is 0.869. The van der Waals surface area contributed by atoms with Gasteiger partial charge in [-0.25, -0.2) is 9.97 Å². The molecule has 2 N–H and O–H groups in total. The summed E-state index contributed by atoms with van der Waals surface area (Å²) < 4.78 is 0. The molecule has 1 aromatic heterocycles. The Balaban J connectivity index is 2.09. The van der Waals surface area contributed by atoms with Gasteiger partial charge in [-0.05, 0) is 37.6 Å². The predicted molar refractivity (Wildman–Crippen MR) is 79.8 cm³/mol. The van der Waals surface area contributed by atoms with Gasteiger partial charge in [-0.15, -0.1) is 0 Å². The molecular weight excluding hydrogens is 250 g/mol. The molecule has 0 spiro atoms. The van der Waals surface area contributed by atoms with Gasteiger partial charge in [0.1, 0.15) is 18.0 Å². The number of nitrogens with one attached hydrogen (secondary N) is 2. The van der Waals surface area contributed by atoms with Gasteiger partial charge in [0.25, 0.3) is 0 Å². The second-order valence-corrected chi connectivity index (χ2v) is 4.56. The summed E-state index contributed by atoms with van der Waals surface area (Å²) in [5, 5.41) is 15.3. The van der Waals surface area contributed by atoms with Crippen LogP contribution in [-0.2, 0) is 0 Å². The van der Waals surface area contributed by atoms with Crippen molar-refractivity contribution in [2.75, 3.05) is 10.6 Å². The molecule has 2 rings (SSSR count). The van der Waals surface area contributed by atoms with Crippen LogP contribution in [0.25, 0.3) is 0 Å². The van der Waals surface area contributed by atoms with Crippen LogP contribution in [0.2, 0.25) is 0 Å². The Morgan fingerprint density at radius 2 is 1.90 bits per heavy atom. The lowest BCUT2D eigenvalue weighted by molar-refractivity contribution is 0.758. The van der Waals surface area contributed by atoms with Gasteiger partial charge in [-0.3, -0.25) is 0 Å². The average molecular weight is 267 g/mol. The Morgan fingerprint density at radius 3 is 2.55 bits per heavy atom. The lowest BCUT2D eigenvalue weighted by Crippen LogP contribution is -2.14. The molecule has 0 saturated heterocycles. The zero-order chi connectivity index (χ0) is 14.4. The van der Waals surface area contributed by atoms with E-state index in [1.165, 1.54) is 6.33 Å². The molecule has 0 fully saturated rings. The van der Waals surface area contributed by atoms with E-state index in [-0.39, 0.29) is 0 Å². The van der Waals surface area contributed by atoms with Crippen LogP contribution in [0.4, 0.5) is 17.3 Å². The van der Waals surface area contributed by atoms with E-state index in [9.17, 15) is 0 Å². The Bertz CT molecular complexity index is 600. The number of benzene rings is 1. The van der Waals surface area contributed by atoms with Gasteiger partial charge in [0.2, 0.25) is 0 Å². The van der Waals surface area contributed by atoms with Crippen molar-refractivity contribution in [2.24, 2.45) is 0 Å². The molecule has 1 atom stereocenters. The minimum atomic E-state index is 0.368. The maximum Gasteiger partial charge on any atom is 0.135 e. The molecular formula is C15H17N5. The normalized spacial score (nSPS) is 11.4. The Morgan fingerprint density at radius 1 is 1.20 bits per heavy atom. The fourth-order valence-electron chi connectivity index (χ4n) is 1.64. The molecule has 0 bridgehead atoms. The monoisotopic (exact) mass is 267 g/mol. The molecule has 0 saturated carbocycles. The first-order valence-electron chi connectivity index (χ1n) is 6.57. The second-order valence-electron chi connectivity index (χ2n) is 4.56. The SMILES string of the molecule is CCC(C)Nc1cc(Nc2ccc(C#N)cc2)ncn1. The van der Waals surface area contributed by atoms with E-state index in [0.29, 0.717) is 11.6 Å². The first-order chi connectivity index (χ1) is 9.71. The van der Waals surface area contributed by atoms with Gasteiger partial charge in [-0.1, -0.05) is 6.92 Å². The molecule has 0 aliphatic carbocycles. The second kappa shape index (κ2) is 6.53. The van der Waals surface area contributed by atoms with Gasteiger partial charge >= 0.3 is 0 Å². The topological polar surface area (TPSA) is 73.6 Å². The molecule has 0 radical (unpaired) electrons. The van der Waals surface area contributed by atoms with Crippen molar-refractivity contribution in [3.05, 3.63) is 42.2 Å². The summed E-state index contributed by atoms with van der Waals surface area (Å²) in [5.41, 5.74) is 1.52. The largest absolute Gasteiger partial charge is 0.367 e. The van der Waals surface area contributed by atoms with Crippen LogP contribution in [0.3, 0.4) is 0 Å². The first kappa shape index (κ1) is 13.8. The van der Waals surface area contributed by atoms with Crippen LogP contribution in [0.5, 0.6) is 0 Å². The van der Waals surface area contributed by atoms with Crippen molar-refractivity contribution >= 4 is 17.3 Å². The number of hydrogen-bond acceptors (Lipinski definition) is 5. The Kier molecular flexibility index (Phi) is 4.51. The lowest BCUT2D eigenvalue weighted by atomic mass is 10.2. The van der Waals surface area contributed by atoms with E-state index in [4.69, 9.17) is 5.26 Å². The third-order valence-electron chi connectivity index (χ3n) is 2.96. The fraction of sp³-hybridized carbons (Fsp3) is 0.267. The summed E-state index contributed by atoms with van der Waals surface area (Å²) in [6, 6.07) is 11.6. The summed E-state index contributed by atoms with van der Waals surface area (Å²) in [7, 11) is 0. The van der Waals surface area contributed by atoms with Crippen LogP contribution in [-0.4, -0.2) is 16.0 Å².